The maximum atomic E-state index is 13.1. The highest BCUT2D eigenvalue weighted by atomic mass is 127. The van der Waals surface area contributed by atoms with Gasteiger partial charge in [0, 0.05) is 120 Å². The fourth-order valence-electron chi connectivity index (χ4n) is 17.7. The zero-order valence-corrected chi connectivity index (χ0v) is 90.0. The quantitative estimate of drug-likeness (QED) is 0.00411. The minimum atomic E-state index is -1.63. The smallest absolute Gasteiger partial charge is 0.460 e. The zero-order valence-electron chi connectivity index (χ0n) is 87.8. The van der Waals surface area contributed by atoms with Crippen molar-refractivity contribution < 1.29 is 145 Å². The number of aliphatic carboxylic acids is 1. The number of rotatable bonds is 56. The second-order valence-electron chi connectivity index (χ2n) is 39.2. The average molecular weight is 2150 g/mol. The van der Waals surface area contributed by atoms with Gasteiger partial charge in [-0.1, -0.05) is 199 Å². The Balaban J connectivity index is 0.000000342. The third-order valence-electron chi connectivity index (χ3n) is 25.9. The number of Topliss-reactive ketones (excluding diaryl/α,β-unsaturated/α-hetero) is 2. The molecule has 2 aromatic heterocycles. The number of carbonyl (C=O) groups excluding carboxylic acids is 9. The van der Waals surface area contributed by atoms with Crippen LogP contribution in [0.25, 0.3) is 22.1 Å². The van der Waals surface area contributed by atoms with Gasteiger partial charge in [0.15, 0.2) is 35.6 Å². The molecule has 0 bridgehead atoms. The number of benzene rings is 2. The number of ketones is 2. The Morgan fingerprint density at radius 1 is 0.396 bits per heavy atom. The molecular weight excluding hydrogens is 1990 g/mol. The number of ether oxygens (including phenoxy) is 11. The number of para-hydroxylation sites is 4. The topological polar surface area (TPSA) is 544 Å². The van der Waals surface area contributed by atoms with Gasteiger partial charge >= 0.3 is 59.7 Å². The first-order valence-electron chi connectivity index (χ1n) is 51.2. The SMILES string of the molecule is CCCCCCCN(CC(=O)CCCNc1n[n+]([O-])c2ccccc2[n+]1[O-])CC1OC(OC(C)=O)C(OC(C)=O)[C@@H](C)[C@@H]1C.CCCCCCCN(CC(=O)O)CC1OC(OC(C)=O)C(OC(C)=O)[C@@H](C)[C@@H]1C.CCCCCCCN(CC(=O)OC(C)(C)C)CC1OC(OC(C)=O)C(OC(C)=O)[C@@H](C)[C@@H]1C.O=C(CCCNc1n[n+]([O-])c2ccccc2[n+]1[O-])CN(CCCCCCI)CC1OC(O)C(O)[C@@H](O)[C@@H]1O. The number of carbonyl (C=O) groups is 10. The molecule has 20 atom stereocenters. The third kappa shape index (κ3) is 44.7. The van der Waals surface area contributed by atoms with Gasteiger partial charge in [0.05, 0.1) is 57.6 Å². The van der Waals surface area contributed by atoms with E-state index in [0.29, 0.717) is 71.3 Å². The molecule has 4 fully saturated rings. The number of aromatic nitrogens is 6. The molecule has 2 aromatic carbocycles. The van der Waals surface area contributed by atoms with E-state index in [1.54, 1.807) is 30.3 Å². The predicted octanol–water partition coefficient (Wildman–Crippen LogP) is 9.31. The largest absolute Gasteiger partial charge is 0.739 e. The van der Waals surface area contributed by atoms with Crippen molar-refractivity contribution in [3.8, 4) is 0 Å². The Morgan fingerprint density at radius 3 is 1.01 bits per heavy atom. The summed E-state index contributed by atoms with van der Waals surface area (Å²) in [5.74, 6) is -4.80. The van der Waals surface area contributed by atoms with Crippen molar-refractivity contribution in [3.05, 3.63) is 69.4 Å². The number of aliphatic hydroxyl groups excluding tert-OH is 4. The average Bonchev–Trinajstić information content (AvgIpc) is 0.810. The normalized spacial score (nSPS) is 24.2. The van der Waals surface area contributed by atoms with E-state index in [2.05, 4.69) is 74.0 Å². The van der Waals surface area contributed by atoms with Gasteiger partial charge in [-0.25, -0.2) is 9.46 Å². The lowest BCUT2D eigenvalue weighted by Crippen LogP contribution is -2.60. The Kier molecular flexibility index (Phi) is 57.4. The van der Waals surface area contributed by atoms with Crippen LogP contribution >= 0.6 is 22.6 Å². The summed E-state index contributed by atoms with van der Waals surface area (Å²) in [7, 11) is 0. The van der Waals surface area contributed by atoms with E-state index < -0.39 is 115 Å². The van der Waals surface area contributed by atoms with Crippen molar-refractivity contribution in [3.63, 3.8) is 0 Å². The number of carboxylic acids is 1. The molecule has 0 saturated carbocycles. The first-order valence-corrected chi connectivity index (χ1v) is 52.8. The Bertz CT molecular complexity index is 4570. The Morgan fingerprint density at radius 2 is 0.701 bits per heavy atom. The minimum Gasteiger partial charge on any atom is -0.739 e. The molecule has 0 radical (unpaired) electrons. The summed E-state index contributed by atoms with van der Waals surface area (Å²) >= 11 is 2.33. The molecule has 8 rings (SSSR count). The number of fused-ring (bicyclic) bond motifs is 2. The monoisotopic (exact) mass is 2150 g/mol. The minimum absolute atomic E-state index is 0.0115. The van der Waals surface area contributed by atoms with E-state index in [-0.39, 0.29) is 164 Å². The maximum Gasteiger partial charge on any atom is 0.460 e. The van der Waals surface area contributed by atoms with E-state index in [1.807, 2.05) is 72.1 Å². The number of anilines is 2. The first kappa shape index (κ1) is 126. The predicted molar refractivity (Wildman–Crippen MR) is 539 cm³/mol. The first-order chi connectivity index (χ1) is 68.2. The van der Waals surface area contributed by atoms with Crippen LogP contribution < -0.4 is 29.8 Å². The van der Waals surface area contributed by atoms with Gasteiger partial charge < -0.3 is 98.5 Å². The number of nitrogens with zero attached hydrogens (tertiary/aromatic N) is 10. The summed E-state index contributed by atoms with van der Waals surface area (Å²) in [6.45, 7) is 36.8. The summed E-state index contributed by atoms with van der Waals surface area (Å²) in [4.78, 5) is 128. The highest BCUT2D eigenvalue weighted by molar-refractivity contribution is 14.1. The molecule has 816 valence electrons. The van der Waals surface area contributed by atoms with Gasteiger partial charge in [0.1, 0.15) is 41.6 Å². The lowest BCUT2D eigenvalue weighted by atomic mass is 9.83. The van der Waals surface area contributed by atoms with E-state index in [0.717, 1.165) is 107 Å². The molecule has 144 heavy (non-hydrogen) atoms. The molecule has 4 aliphatic rings. The summed E-state index contributed by atoms with van der Waals surface area (Å²) in [5, 5.41) is 112. The Hall–Kier alpha value is -8.87. The second-order valence-corrected chi connectivity index (χ2v) is 40.3. The maximum absolute atomic E-state index is 13.1. The van der Waals surface area contributed by atoms with Crippen LogP contribution in [0.2, 0.25) is 0 Å². The molecule has 42 nitrogen and oxygen atoms in total. The van der Waals surface area contributed by atoms with Gasteiger partial charge in [-0.2, -0.15) is 0 Å². The van der Waals surface area contributed by atoms with Crippen molar-refractivity contribution >= 4 is 116 Å². The fourth-order valence-corrected chi connectivity index (χ4v) is 18.2. The van der Waals surface area contributed by atoms with Crippen LogP contribution in [-0.4, -0.2) is 303 Å². The lowest BCUT2D eigenvalue weighted by Gasteiger charge is -2.44. The molecule has 0 amide bonds. The summed E-state index contributed by atoms with van der Waals surface area (Å²) in [6, 6.07) is 12.7. The van der Waals surface area contributed by atoms with Gasteiger partial charge in [-0.3, -0.25) is 78.2 Å². The highest BCUT2D eigenvalue weighted by Crippen LogP contribution is 2.38. The van der Waals surface area contributed by atoms with Gasteiger partial charge in [-0.05, 0) is 126 Å². The number of hydrogen-bond acceptors (Lipinski definition) is 37. The standard InChI is InChI=1S/C31H47N5O8.C25H45NO7.C24H36IN5O8.C21H37NO7/c1-6-7-8-9-12-18-34(20-28-21(2)22(3)29(42-23(4)37)30(44-28)43-24(5)38)19-25(39)14-13-17-32-31-33-36(41)27-16-11-10-15-26(27)35(31)40;1-9-10-11-12-13-14-26(16-22(29)33-25(6,7)8)15-21-17(2)18(3)23(30-19(4)27)24(32-21)31-20(5)28;25-11-5-1-2-6-13-28(15-19-20(32)21(33)22(34)23(35)38-19)14-16(31)8-7-12-26-24-27-30(37)18-10-4-3-9-17(18)29(24)36;1-6-7-8-9-10-11-22(13-19(25)26)12-18-14(2)15(3)20(27-16(4)23)21(29-18)28-17(5)24/h10-11,15-16,21-22,28-30H,6-9,12-14,17-20H2,1-5H3,(H,32,33);17-18,21,23-24H,9-16H2,1-8H3;3-4,9-10,19-23,32-35H,1-2,5-8,11-15H2,(H,26,27);14-15,18,20-21H,6-13H2,1-5H3,(H,25,26)/t21-,22-,28?,29?,30?;17-,18-,21?,23?,24?;19?,20-,21+,22?,23?;14-,15-,18?,20?,21?/m0010/s1. The molecule has 0 spiro atoms. The molecule has 7 N–H and O–H groups in total. The third-order valence-corrected chi connectivity index (χ3v) is 26.7. The zero-order chi connectivity index (χ0) is 107. The number of esters is 7. The molecule has 4 saturated heterocycles. The number of halogens is 1. The number of aliphatic hydroxyl groups is 4. The summed E-state index contributed by atoms with van der Waals surface area (Å²) in [5.41, 5.74) is 0.156. The number of carboxylic acid groups (broad SMARTS) is 1. The van der Waals surface area contributed by atoms with Crippen molar-refractivity contribution in [1.29, 1.82) is 0 Å². The number of unbranched alkanes of at least 4 members (excludes halogenated alkanes) is 15. The molecule has 4 aromatic rings. The molecule has 6 heterocycles. The van der Waals surface area contributed by atoms with Gasteiger partial charge in [-0.15, -0.1) is 0 Å². The van der Waals surface area contributed by atoms with Crippen LogP contribution in [0, 0.1) is 56.3 Å². The molecule has 0 aliphatic carbocycles. The van der Waals surface area contributed by atoms with E-state index in [4.69, 9.17) is 52.1 Å². The number of nitrogens with one attached hydrogen (secondary N) is 2. The second kappa shape index (κ2) is 65.8. The number of hydrogen-bond donors (Lipinski definition) is 7. The summed E-state index contributed by atoms with van der Waals surface area (Å²) < 4.78 is 63.7. The highest BCUT2D eigenvalue weighted by Gasteiger charge is 2.50. The van der Waals surface area contributed by atoms with Gasteiger partial charge in [0.2, 0.25) is 29.1 Å². The molecular formula is C101H165IN12O30. The molecule has 4 aliphatic heterocycles. The van der Waals surface area contributed by atoms with Crippen LogP contribution in [0.4, 0.5) is 11.9 Å². The van der Waals surface area contributed by atoms with Crippen molar-refractivity contribution in [1.82, 2.24) is 29.8 Å². The van der Waals surface area contributed by atoms with E-state index >= 15 is 0 Å². The summed E-state index contributed by atoms with van der Waals surface area (Å²) in [6.07, 6.45) is 8.51. The fraction of sp³-hybridized carbons (Fsp3) is 0.762. The van der Waals surface area contributed by atoms with Crippen LogP contribution in [0.3, 0.4) is 0 Å². The lowest BCUT2D eigenvalue weighted by molar-refractivity contribution is -0.672. The molecule has 43 heteroatoms. The van der Waals surface area contributed by atoms with Crippen molar-refractivity contribution in [2.75, 3.05) is 107 Å². The van der Waals surface area contributed by atoms with Crippen LogP contribution in [-0.2, 0) is 100 Å². The van der Waals surface area contributed by atoms with Crippen LogP contribution in [0.5, 0.6) is 0 Å². The number of alkyl halides is 1. The Labute approximate surface area is 861 Å². The van der Waals surface area contributed by atoms with E-state index in [9.17, 15) is 94.3 Å². The molecule has 12 unspecified atom stereocenters. The van der Waals surface area contributed by atoms with Crippen molar-refractivity contribution in [2.24, 2.45) is 35.5 Å². The van der Waals surface area contributed by atoms with Crippen molar-refractivity contribution in [2.45, 2.75) is 364 Å². The van der Waals surface area contributed by atoms with E-state index in [1.165, 1.54) is 85.4 Å². The van der Waals surface area contributed by atoms with Crippen LogP contribution in [0.1, 0.15) is 272 Å². The van der Waals surface area contributed by atoms with Crippen LogP contribution in [0.15, 0.2) is 48.5 Å². The van der Waals surface area contributed by atoms with Gasteiger partial charge in [0.25, 0.3) is 11.0 Å².